The van der Waals surface area contributed by atoms with Crippen LogP contribution in [0.1, 0.15) is 6.92 Å². The van der Waals surface area contributed by atoms with E-state index >= 15 is 0 Å². The van der Waals surface area contributed by atoms with Gasteiger partial charge in [0.1, 0.15) is 10.3 Å². The molecule has 0 heterocycles. The highest BCUT2D eigenvalue weighted by Gasteiger charge is 2.26. The lowest BCUT2D eigenvalue weighted by molar-refractivity contribution is 0.383. The summed E-state index contributed by atoms with van der Waals surface area (Å²) in [6.07, 6.45) is 0. The summed E-state index contributed by atoms with van der Waals surface area (Å²) in [5, 5.41) is 1.40. The predicted octanol–water partition coefficient (Wildman–Crippen LogP) is 0.174. The summed E-state index contributed by atoms with van der Waals surface area (Å²) in [4.78, 5) is -0.602. The molecule has 1 rings (SSSR count). The summed E-state index contributed by atoms with van der Waals surface area (Å²) in [5.74, 6) is 0. The van der Waals surface area contributed by atoms with Crippen LogP contribution in [-0.2, 0) is 35.2 Å². The van der Waals surface area contributed by atoms with Crippen molar-refractivity contribution >= 4 is 37.3 Å². The SMILES string of the molecule is CC(Nc1ccccc1S(=O)(=O)OS(=O)(=O)O)S(=O)O. The minimum absolute atomic E-state index is 0.147. The standard InChI is InChI=1S/C8H11NO8S3/c1-6(18(10)11)9-7-4-2-3-5-8(7)19(12,13)17-20(14,15)16/h2-6,9H,1H3,(H,10,11)(H,14,15,16). The molecule has 114 valence electrons. The van der Waals surface area contributed by atoms with Crippen LogP contribution in [0.3, 0.4) is 0 Å². The Bertz CT molecular complexity index is 711. The molecule has 0 aliphatic rings. The van der Waals surface area contributed by atoms with Gasteiger partial charge in [0.25, 0.3) is 0 Å². The fourth-order valence-corrected chi connectivity index (χ4v) is 3.29. The largest absolute Gasteiger partial charge is 0.412 e. The van der Waals surface area contributed by atoms with Crippen molar-refractivity contribution in [1.29, 1.82) is 0 Å². The molecule has 12 heteroatoms. The zero-order valence-electron chi connectivity index (χ0n) is 9.96. The van der Waals surface area contributed by atoms with Gasteiger partial charge in [0.05, 0.1) is 5.69 Å². The summed E-state index contributed by atoms with van der Waals surface area (Å²) >= 11 is -2.28. The number of nitrogens with one attached hydrogen (secondary N) is 1. The highest BCUT2D eigenvalue weighted by molar-refractivity contribution is 7.97. The van der Waals surface area contributed by atoms with Gasteiger partial charge in [-0.05, 0) is 19.1 Å². The van der Waals surface area contributed by atoms with Gasteiger partial charge in [0.15, 0.2) is 11.1 Å². The molecule has 0 radical (unpaired) electrons. The third-order valence-electron chi connectivity index (χ3n) is 1.99. The molecule has 1 aromatic carbocycles. The van der Waals surface area contributed by atoms with Gasteiger partial charge in [-0.25, -0.2) is 4.21 Å². The Hall–Kier alpha value is -1.05. The predicted molar refractivity (Wildman–Crippen MR) is 70.1 cm³/mol. The fraction of sp³-hybridized carbons (Fsp3) is 0.250. The minimum Gasteiger partial charge on any atom is -0.368 e. The van der Waals surface area contributed by atoms with Crippen molar-refractivity contribution in [2.24, 2.45) is 0 Å². The molecule has 0 aliphatic heterocycles. The first kappa shape index (κ1) is 17.0. The Kier molecular flexibility index (Phi) is 5.23. The first-order valence-electron chi connectivity index (χ1n) is 4.92. The second-order valence-corrected chi connectivity index (χ2v) is 7.52. The van der Waals surface area contributed by atoms with E-state index in [1.54, 1.807) is 0 Å². The molecule has 2 unspecified atom stereocenters. The average molecular weight is 345 g/mol. The molecule has 0 amide bonds. The average Bonchev–Trinajstić information content (AvgIpc) is 2.26. The van der Waals surface area contributed by atoms with Crippen LogP contribution in [0.5, 0.6) is 0 Å². The Balaban J connectivity index is 3.23. The molecular formula is C8H11NO8S3. The highest BCUT2D eigenvalue weighted by Crippen LogP contribution is 2.24. The summed E-state index contributed by atoms with van der Waals surface area (Å²) in [7, 11) is -10.0. The maximum atomic E-state index is 11.7. The van der Waals surface area contributed by atoms with E-state index in [2.05, 4.69) is 8.95 Å². The molecule has 0 bridgehead atoms. The second kappa shape index (κ2) is 6.15. The van der Waals surface area contributed by atoms with Crippen LogP contribution in [0.25, 0.3) is 0 Å². The van der Waals surface area contributed by atoms with Gasteiger partial charge in [0, 0.05) is 0 Å². The first-order chi connectivity index (χ1) is 9.03. The normalized spacial score (nSPS) is 15.6. The van der Waals surface area contributed by atoms with E-state index in [1.165, 1.54) is 25.1 Å². The Morgan fingerprint density at radius 2 is 1.80 bits per heavy atom. The highest BCUT2D eigenvalue weighted by atomic mass is 32.3. The number of rotatable bonds is 6. The third-order valence-corrected chi connectivity index (χ3v) is 5.02. The molecule has 1 aromatic rings. The number of benzene rings is 1. The molecular weight excluding hydrogens is 334 g/mol. The summed E-state index contributed by atoms with van der Waals surface area (Å²) in [6, 6.07) is 4.95. The van der Waals surface area contributed by atoms with Gasteiger partial charge in [-0.3, -0.25) is 4.55 Å². The van der Waals surface area contributed by atoms with E-state index in [-0.39, 0.29) is 5.69 Å². The monoisotopic (exact) mass is 345 g/mol. The molecule has 0 aliphatic carbocycles. The van der Waals surface area contributed by atoms with Crippen molar-refractivity contribution in [3.8, 4) is 0 Å². The summed E-state index contributed by atoms with van der Waals surface area (Å²) < 4.78 is 76.1. The summed E-state index contributed by atoms with van der Waals surface area (Å²) in [6.45, 7) is 1.31. The Morgan fingerprint density at radius 3 is 2.30 bits per heavy atom. The van der Waals surface area contributed by atoms with E-state index in [4.69, 9.17) is 9.11 Å². The first-order valence-corrected chi connectivity index (χ1v) is 8.86. The summed E-state index contributed by atoms with van der Waals surface area (Å²) in [5.41, 5.74) is -0.147. The van der Waals surface area contributed by atoms with Crippen molar-refractivity contribution in [2.75, 3.05) is 5.32 Å². The van der Waals surface area contributed by atoms with Crippen LogP contribution in [0.15, 0.2) is 29.2 Å². The molecule has 0 fully saturated rings. The van der Waals surface area contributed by atoms with E-state index < -0.39 is 41.9 Å². The van der Waals surface area contributed by atoms with Crippen LogP contribution in [0, 0.1) is 0 Å². The van der Waals surface area contributed by atoms with Crippen LogP contribution >= 0.6 is 0 Å². The maximum Gasteiger partial charge on any atom is 0.412 e. The Labute approximate surface area is 118 Å². The molecule has 0 spiro atoms. The Morgan fingerprint density at radius 1 is 1.25 bits per heavy atom. The van der Waals surface area contributed by atoms with Gasteiger partial charge in [0.2, 0.25) is 0 Å². The lowest BCUT2D eigenvalue weighted by atomic mass is 10.3. The molecule has 9 nitrogen and oxygen atoms in total. The molecule has 0 saturated heterocycles. The number of hydrogen-bond acceptors (Lipinski definition) is 7. The second-order valence-electron chi connectivity index (χ2n) is 3.51. The van der Waals surface area contributed by atoms with Crippen molar-refractivity contribution in [3.63, 3.8) is 0 Å². The lowest BCUT2D eigenvalue weighted by Gasteiger charge is -2.14. The number of hydrogen-bond donors (Lipinski definition) is 3. The van der Waals surface area contributed by atoms with Crippen molar-refractivity contribution in [1.82, 2.24) is 0 Å². The zero-order valence-corrected chi connectivity index (χ0v) is 12.4. The van der Waals surface area contributed by atoms with E-state index in [9.17, 15) is 21.0 Å². The van der Waals surface area contributed by atoms with Crippen LogP contribution < -0.4 is 5.32 Å². The van der Waals surface area contributed by atoms with Crippen LogP contribution in [-0.4, -0.2) is 35.5 Å². The van der Waals surface area contributed by atoms with Gasteiger partial charge in [-0.15, -0.1) is 3.63 Å². The maximum absolute atomic E-state index is 11.7. The van der Waals surface area contributed by atoms with E-state index in [0.29, 0.717) is 0 Å². The van der Waals surface area contributed by atoms with Crippen molar-refractivity contribution < 1.29 is 33.8 Å². The smallest absolute Gasteiger partial charge is 0.368 e. The van der Waals surface area contributed by atoms with Crippen LogP contribution in [0.2, 0.25) is 0 Å². The van der Waals surface area contributed by atoms with Crippen LogP contribution in [0.4, 0.5) is 5.69 Å². The van der Waals surface area contributed by atoms with Gasteiger partial charge < -0.3 is 9.87 Å². The molecule has 2 atom stereocenters. The topological polar surface area (TPSA) is 147 Å². The van der Waals surface area contributed by atoms with Gasteiger partial charge in [-0.1, -0.05) is 12.1 Å². The van der Waals surface area contributed by atoms with Crippen molar-refractivity contribution in [3.05, 3.63) is 24.3 Å². The lowest BCUT2D eigenvalue weighted by Crippen LogP contribution is -2.22. The fourth-order valence-electron chi connectivity index (χ4n) is 1.22. The molecule has 0 aromatic heterocycles. The molecule has 3 N–H and O–H groups in total. The van der Waals surface area contributed by atoms with E-state index in [0.717, 1.165) is 6.07 Å². The molecule has 20 heavy (non-hydrogen) atoms. The quantitative estimate of drug-likeness (QED) is 0.485. The van der Waals surface area contributed by atoms with Crippen molar-refractivity contribution in [2.45, 2.75) is 17.2 Å². The minimum atomic E-state index is -5.22. The van der Waals surface area contributed by atoms with Gasteiger partial charge in [-0.2, -0.15) is 16.8 Å². The van der Waals surface area contributed by atoms with E-state index in [1.807, 2.05) is 0 Å². The number of anilines is 1. The molecule has 0 saturated carbocycles. The third kappa shape index (κ3) is 4.81. The van der Waals surface area contributed by atoms with Gasteiger partial charge >= 0.3 is 20.5 Å². The zero-order chi connectivity index (χ0) is 15.6. The number of para-hydroxylation sites is 1.